The molecule has 0 amide bonds. The van der Waals surface area contributed by atoms with Crippen molar-refractivity contribution in [1.29, 1.82) is 5.26 Å². The van der Waals surface area contributed by atoms with Gasteiger partial charge < -0.3 is 9.84 Å². The van der Waals surface area contributed by atoms with E-state index in [0.29, 0.717) is 11.7 Å². The molecular weight excluding hydrogens is 252 g/mol. The van der Waals surface area contributed by atoms with Gasteiger partial charge in [-0.25, -0.2) is 4.98 Å². The Morgan fingerprint density at radius 2 is 2.42 bits per heavy atom. The quantitative estimate of drug-likeness (QED) is 0.639. The zero-order valence-electron chi connectivity index (χ0n) is 9.82. The third-order valence-electron chi connectivity index (χ3n) is 2.18. The Kier molecular flexibility index (Phi) is 3.33. The molecule has 9 nitrogen and oxygen atoms in total. The summed E-state index contributed by atoms with van der Waals surface area (Å²) >= 11 is 0. The summed E-state index contributed by atoms with van der Waals surface area (Å²) in [4.78, 5) is 18.0. The summed E-state index contributed by atoms with van der Waals surface area (Å²) in [6.07, 6.45) is 1.25. The van der Waals surface area contributed by atoms with Gasteiger partial charge in [0.2, 0.25) is 11.7 Å². The SMILES string of the molecule is Cc1nc(CNc2ncc(C#N)cc2[N+](=O)[O-])no1. The monoisotopic (exact) mass is 260 g/mol. The molecule has 0 fully saturated rings. The Balaban J connectivity index is 2.20. The van der Waals surface area contributed by atoms with Crippen LogP contribution in [0.2, 0.25) is 0 Å². The summed E-state index contributed by atoms with van der Waals surface area (Å²) in [6, 6.07) is 2.94. The number of hydrogen-bond acceptors (Lipinski definition) is 8. The number of nitriles is 1. The van der Waals surface area contributed by atoms with E-state index in [1.165, 1.54) is 6.20 Å². The fourth-order valence-electron chi connectivity index (χ4n) is 1.37. The lowest BCUT2D eigenvalue weighted by Crippen LogP contribution is -2.06. The lowest BCUT2D eigenvalue weighted by Gasteiger charge is -2.03. The zero-order chi connectivity index (χ0) is 13.8. The van der Waals surface area contributed by atoms with E-state index in [2.05, 4.69) is 20.4 Å². The van der Waals surface area contributed by atoms with Crippen LogP contribution in [0.4, 0.5) is 11.5 Å². The van der Waals surface area contributed by atoms with E-state index in [9.17, 15) is 10.1 Å². The number of rotatable bonds is 4. The first-order chi connectivity index (χ1) is 9.10. The maximum absolute atomic E-state index is 10.9. The van der Waals surface area contributed by atoms with Crippen LogP contribution in [-0.4, -0.2) is 20.0 Å². The molecule has 19 heavy (non-hydrogen) atoms. The molecule has 1 N–H and O–H groups in total. The summed E-state index contributed by atoms with van der Waals surface area (Å²) < 4.78 is 4.77. The van der Waals surface area contributed by atoms with Crippen molar-refractivity contribution < 1.29 is 9.45 Å². The van der Waals surface area contributed by atoms with Crippen LogP contribution in [0.3, 0.4) is 0 Å². The van der Waals surface area contributed by atoms with Crippen molar-refractivity contribution >= 4 is 11.5 Å². The maximum atomic E-state index is 10.9. The van der Waals surface area contributed by atoms with E-state index < -0.39 is 4.92 Å². The van der Waals surface area contributed by atoms with Gasteiger partial charge in [0, 0.05) is 19.2 Å². The van der Waals surface area contributed by atoms with Gasteiger partial charge in [0.15, 0.2) is 5.82 Å². The molecule has 2 heterocycles. The van der Waals surface area contributed by atoms with Crippen LogP contribution in [0.1, 0.15) is 17.3 Å². The molecule has 0 saturated heterocycles. The first-order valence-electron chi connectivity index (χ1n) is 5.17. The molecule has 2 aromatic heterocycles. The molecule has 2 rings (SSSR count). The van der Waals surface area contributed by atoms with Gasteiger partial charge in [0.05, 0.1) is 17.0 Å². The standard InChI is InChI=1S/C10H8N6O3/c1-6-14-9(15-19-6)5-13-10-8(16(17)18)2-7(3-11)4-12-10/h2,4H,5H2,1H3,(H,12,13). The summed E-state index contributed by atoms with van der Waals surface area (Å²) in [5.74, 6) is 0.809. The van der Waals surface area contributed by atoms with Crippen molar-refractivity contribution in [2.24, 2.45) is 0 Å². The van der Waals surface area contributed by atoms with E-state index >= 15 is 0 Å². The molecule has 0 aliphatic carbocycles. The fourth-order valence-corrected chi connectivity index (χ4v) is 1.37. The minimum Gasteiger partial charge on any atom is -0.357 e. The highest BCUT2D eigenvalue weighted by Crippen LogP contribution is 2.22. The maximum Gasteiger partial charge on any atom is 0.312 e. The number of nitro groups is 1. The highest BCUT2D eigenvalue weighted by molar-refractivity contribution is 5.58. The number of nitrogens with zero attached hydrogens (tertiary/aromatic N) is 5. The van der Waals surface area contributed by atoms with E-state index in [1.807, 2.05) is 0 Å². The van der Waals surface area contributed by atoms with Crippen molar-refractivity contribution in [2.45, 2.75) is 13.5 Å². The van der Waals surface area contributed by atoms with E-state index in [-0.39, 0.29) is 23.6 Å². The second-order valence-electron chi connectivity index (χ2n) is 3.54. The first-order valence-corrected chi connectivity index (χ1v) is 5.17. The molecule has 96 valence electrons. The number of aromatic nitrogens is 3. The van der Waals surface area contributed by atoms with Gasteiger partial charge in [0.1, 0.15) is 6.07 Å². The van der Waals surface area contributed by atoms with E-state index in [4.69, 9.17) is 9.78 Å². The second-order valence-corrected chi connectivity index (χ2v) is 3.54. The van der Waals surface area contributed by atoms with Crippen LogP contribution in [0.15, 0.2) is 16.8 Å². The lowest BCUT2D eigenvalue weighted by atomic mass is 10.3. The van der Waals surface area contributed by atoms with Crippen LogP contribution >= 0.6 is 0 Å². The highest BCUT2D eigenvalue weighted by atomic mass is 16.6. The Hall–Kier alpha value is -3.02. The van der Waals surface area contributed by atoms with Gasteiger partial charge in [0.25, 0.3) is 0 Å². The van der Waals surface area contributed by atoms with Gasteiger partial charge in [-0.3, -0.25) is 10.1 Å². The molecule has 0 atom stereocenters. The van der Waals surface area contributed by atoms with Crippen molar-refractivity contribution in [2.75, 3.05) is 5.32 Å². The van der Waals surface area contributed by atoms with Gasteiger partial charge in [-0.1, -0.05) is 5.16 Å². The molecule has 0 aromatic carbocycles. The van der Waals surface area contributed by atoms with Gasteiger partial charge in [-0.2, -0.15) is 10.2 Å². The minimum atomic E-state index is -0.613. The average Bonchev–Trinajstić information content (AvgIpc) is 2.82. The molecule has 0 aliphatic rings. The molecule has 0 spiro atoms. The first kappa shape index (κ1) is 12.4. The van der Waals surface area contributed by atoms with Crippen molar-refractivity contribution in [3.63, 3.8) is 0 Å². The smallest absolute Gasteiger partial charge is 0.312 e. The van der Waals surface area contributed by atoms with E-state index in [0.717, 1.165) is 6.07 Å². The van der Waals surface area contributed by atoms with Crippen LogP contribution in [0.25, 0.3) is 0 Å². The Morgan fingerprint density at radius 3 is 3.00 bits per heavy atom. The molecule has 2 aromatic rings. The van der Waals surface area contributed by atoms with Crippen molar-refractivity contribution in [3.8, 4) is 6.07 Å². The number of aryl methyl sites for hydroxylation is 1. The van der Waals surface area contributed by atoms with Gasteiger partial charge in [-0.15, -0.1) is 0 Å². The molecule has 0 unspecified atom stereocenters. The van der Waals surface area contributed by atoms with Gasteiger partial charge in [-0.05, 0) is 0 Å². The Labute approximate surface area is 107 Å². The van der Waals surface area contributed by atoms with Crippen LogP contribution in [-0.2, 0) is 6.54 Å². The number of hydrogen-bond donors (Lipinski definition) is 1. The van der Waals surface area contributed by atoms with Crippen molar-refractivity contribution in [1.82, 2.24) is 15.1 Å². The largest absolute Gasteiger partial charge is 0.357 e. The number of pyridine rings is 1. The average molecular weight is 260 g/mol. The zero-order valence-corrected chi connectivity index (χ0v) is 9.82. The molecule has 0 radical (unpaired) electrons. The second kappa shape index (κ2) is 5.09. The van der Waals surface area contributed by atoms with Crippen LogP contribution in [0, 0.1) is 28.4 Å². The molecule has 9 heteroatoms. The number of nitrogens with one attached hydrogen (secondary N) is 1. The normalized spacial score (nSPS) is 9.89. The molecular formula is C10H8N6O3. The third-order valence-corrected chi connectivity index (χ3v) is 2.18. The van der Waals surface area contributed by atoms with Gasteiger partial charge >= 0.3 is 5.69 Å². The summed E-state index contributed by atoms with van der Waals surface area (Å²) in [7, 11) is 0. The van der Waals surface area contributed by atoms with Crippen LogP contribution in [0.5, 0.6) is 0 Å². The fraction of sp³-hybridized carbons (Fsp3) is 0.200. The molecule has 0 aliphatic heterocycles. The minimum absolute atomic E-state index is 0.0476. The Morgan fingerprint density at radius 1 is 1.63 bits per heavy atom. The summed E-state index contributed by atoms with van der Waals surface area (Å²) in [6.45, 7) is 1.77. The molecule has 0 saturated carbocycles. The Bertz CT molecular complexity index is 660. The molecule has 0 bridgehead atoms. The topological polar surface area (TPSA) is 131 Å². The highest BCUT2D eigenvalue weighted by Gasteiger charge is 2.16. The summed E-state index contributed by atoms with van der Waals surface area (Å²) in [5, 5.41) is 25.9. The predicted octanol–water partition coefficient (Wildman–Crippen LogP) is 1.16. The number of anilines is 1. The van der Waals surface area contributed by atoms with Crippen LogP contribution < -0.4 is 5.32 Å². The van der Waals surface area contributed by atoms with Crippen molar-refractivity contribution in [3.05, 3.63) is 39.7 Å². The third kappa shape index (κ3) is 2.81. The summed E-state index contributed by atoms with van der Waals surface area (Å²) in [5.41, 5.74) is -0.160. The lowest BCUT2D eigenvalue weighted by molar-refractivity contribution is -0.384. The predicted molar refractivity (Wildman–Crippen MR) is 62.0 cm³/mol. The van der Waals surface area contributed by atoms with E-state index in [1.54, 1.807) is 13.0 Å².